The Morgan fingerprint density at radius 3 is 2.65 bits per heavy atom. The molecule has 0 amide bonds. The molecule has 0 spiro atoms. The molecule has 0 aliphatic heterocycles. The SMILES string of the molecule is CC(C)(C)n1cc(Nc2ccc3nccnc3n2)cn1. The van der Waals surface area contributed by atoms with Crippen LogP contribution in [-0.4, -0.2) is 24.7 Å². The number of pyridine rings is 1. The van der Waals surface area contributed by atoms with Crippen LogP contribution in [0.5, 0.6) is 0 Å². The fourth-order valence-corrected chi connectivity index (χ4v) is 1.83. The van der Waals surface area contributed by atoms with Crippen molar-refractivity contribution < 1.29 is 0 Å². The van der Waals surface area contributed by atoms with Crippen molar-refractivity contribution in [3.8, 4) is 0 Å². The van der Waals surface area contributed by atoms with Gasteiger partial charge in [0.15, 0.2) is 5.65 Å². The topological polar surface area (TPSA) is 68.5 Å². The van der Waals surface area contributed by atoms with E-state index < -0.39 is 0 Å². The lowest BCUT2D eigenvalue weighted by molar-refractivity contribution is 0.355. The molecule has 3 rings (SSSR count). The normalized spacial score (nSPS) is 11.8. The molecular formula is C14H16N6. The van der Waals surface area contributed by atoms with Crippen LogP contribution in [-0.2, 0) is 5.54 Å². The summed E-state index contributed by atoms with van der Waals surface area (Å²) in [4.78, 5) is 12.8. The maximum absolute atomic E-state index is 4.42. The fourth-order valence-electron chi connectivity index (χ4n) is 1.83. The number of rotatable bonds is 2. The first-order valence-corrected chi connectivity index (χ1v) is 6.42. The van der Waals surface area contributed by atoms with E-state index in [9.17, 15) is 0 Å². The van der Waals surface area contributed by atoms with Gasteiger partial charge in [0.2, 0.25) is 0 Å². The third kappa shape index (κ3) is 2.45. The Bertz CT molecular complexity index is 741. The molecule has 0 fully saturated rings. The Morgan fingerprint density at radius 1 is 1.10 bits per heavy atom. The van der Waals surface area contributed by atoms with Gasteiger partial charge in [-0.2, -0.15) is 5.10 Å². The lowest BCUT2D eigenvalue weighted by Gasteiger charge is -2.18. The quantitative estimate of drug-likeness (QED) is 0.774. The van der Waals surface area contributed by atoms with Gasteiger partial charge in [0.1, 0.15) is 11.3 Å². The lowest BCUT2D eigenvalue weighted by Crippen LogP contribution is -2.21. The minimum Gasteiger partial charge on any atom is -0.338 e. The maximum Gasteiger partial charge on any atom is 0.180 e. The number of hydrogen-bond acceptors (Lipinski definition) is 5. The van der Waals surface area contributed by atoms with E-state index >= 15 is 0 Å². The number of fused-ring (bicyclic) bond motifs is 1. The third-order valence-electron chi connectivity index (χ3n) is 2.87. The zero-order chi connectivity index (χ0) is 14.2. The van der Waals surface area contributed by atoms with Gasteiger partial charge >= 0.3 is 0 Å². The highest BCUT2D eigenvalue weighted by atomic mass is 15.3. The Morgan fingerprint density at radius 2 is 1.90 bits per heavy atom. The number of nitrogens with zero attached hydrogens (tertiary/aromatic N) is 5. The van der Waals surface area contributed by atoms with Crippen molar-refractivity contribution in [3.05, 3.63) is 36.9 Å². The molecule has 0 saturated carbocycles. The molecular weight excluding hydrogens is 252 g/mol. The Labute approximate surface area is 116 Å². The minimum atomic E-state index is -0.0395. The molecule has 0 aliphatic rings. The predicted molar refractivity (Wildman–Crippen MR) is 77.8 cm³/mol. The van der Waals surface area contributed by atoms with Crippen LogP contribution in [0.1, 0.15) is 20.8 Å². The molecule has 3 heterocycles. The molecule has 3 aromatic heterocycles. The highest BCUT2D eigenvalue weighted by molar-refractivity contribution is 5.72. The molecule has 0 radical (unpaired) electrons. The Hall–Kier alpha value is -2.50. The fraction of sp³-hybridized carbons (Fsp3) is 0.286. The molecule has 3 aromatic rings. The summed E-state index contributed by atoms with van der Waals surface area (Å²) >= 11 is 0. The lowest BCUT2D eigenvalue weighted by atomic mass is 10.1. The third-order valence-corrected chi connectivity index (χ3v) is 2.87. The first-order valence-electron chi connectivity index (χ1n) is 6.42. The van der Waals surface area contributed by atoms with Crippen molar-refractivity contribution in [2.75, 3.05) is 5.32 Å². The first kappa shape index (κ1) is 12.5. The van der Waals surface area contributed by atoms with Crippen molar-refractivity contribution in [3.63, 3.8) is 0 Å². The summed E-state index contributed by atoms with van der Waals surface area (Å²) < 4.78 is 1.91. The van der Waals surface area contributed by atoms with E-state index in [0.29, 0.717) is 5.65 Å². The predicted octanol–water partition coefficient (Wildman–Crippen LogP) is 2.72. The second-order valence-corrected chi connectivity index (χ2v) is 5.56. The number of aromatic nitrogens is 5. The van der Waals surface area contributed by atoms with Crippen molar-refractivity contribution in [1.82, 2.24) is 24.7 Å². The number of nitrogens with one attached hydrogen (secondary N) is 1. The molecule has 0 bridgehead atoms. The molecule has 0 atom stereocenters. The largest absolute Gasteiger partial charge is 0.338 e. The molecule has 102 valence electrons. The zero-order valence-electron chi connectivity index (χ0n) is 11.7. The first-order chi connectivity index (χ1) is 9.52. The van der Waals surface area contributed by atoms with Crippen LogP contribution in [0.3, 0.4) is 0 Å². The molecule has 0 unspecified atom stereocenters. The van der Waals surface area contributed by atoms with Crippen LogP contribution in [0.15, 0.2) is 36.9 Å². The summed E-state index contributed by atoms with van der Waals surface area (Å²) in [5, 5.41) is 7.57. The van der Waals surface area contributed by atoms with Crippen LogP contribution in [0, 0.1) is 0 Å². The van der Waals surface area contributed by atoms with Crippen molar-refractivity contribution in [1.29, 1.82) is 0 Å². The van der Waals surface area contributed by atoms with Crippen LogP contribution in [0.4, 0.5) is 11.5 Å². The van der Waals surface area contributed by atoms with Gasteiger partial charge in [-0.1, -0.05) is 0 Å². The molecule has 20 heavy (non-hydrogen) atoms. The van der Waals surface area contributed by atoms with Gasteiger partial charge in [0.05, 0.1) is 17.4 Å². The van der Waals surface area contributed by atoms with Gasteiger partial charge in [0, 0.05) is 18.6 Å². The summed E-state index contributed by atoms with van der Waals surface area (Å²) in [7, 11) is 0. The van der Waals surface area contributed by atoms with E-state index in [2.05, 4.69) is 46.1 Å². The van der Waals surface area contributed by atoms with Crippen LogP contribution < -0.4 is 5.32 Å². The molecule has 1 N–H and O–H groups in total. The molecule has 0 saturated heterocycles. The molecule has 0 aromatic carbocycles. The Kier molecular flexibility index (Phi) is 2.85. The summed E-state index contributed by atoms with van der Waals surface area (Å²) in [6.07, 6.45) is 7.04. The van der Waals surface area contributed by atoms with Gasteiger partial charge < -0.3 is 5.32 Å². The van der Waals surface area contributed by atoms with Gasteiger partial charge in [-0.3, -0.25) is 9.67 Å². The second kappa shape index (κ2) is 4.56. The summed E-state index contributed by atoms with van der Waals surface area (Å²) in [6, 6.07) is 3.78. The van der Waals surface area contributed by atoms with Crippen LogP contribution in [0.2, 0.25) is 0 Å². The van der Waals surface area contributed by atoms with Crippen molar-refractivity contribution >= 4 is 22.7 Å². The van der Waals surface area contributed by atoms with Crippen LogP contribution in [0.25, 0.3) is 11.2 Å². The average molecular weight is 268 g/mol. The molecule has 6 nitrogen and oxygen atoms in total. The van der Waals surface area contributed by atoms with Gasteiger partial charge in [-0.05, 0) is 32.9 Å². The summed E-state index contributed by atoms with van der Waals surface area (Å²) in [6.45, 7) is 6.31. The number of hydrogen-bond donors (Lipinski definition) is 1. The van der Waals surface area contributed by atoms with Gasteiger partial charge in [-0.15, -0.1) is 0 Å². The highest BCUT2D eigenvalue weighted by Crippen LogP contribution is 2.19. The molecule has 0 aliphatic carbocycles. The maximum atomic E-state index is 4.42. The average Bonchev–Trinajstić information content (AvgIpc) is 2.87. The van der Waals surface area contributed by atoms with Gasteiger partial charge in [-0.25, -0.2) is 9.97 Å². The van der Waals surface area contributed by atoms with E-state index in [-0.39, 0.29) is 5.54 Å². The van der Waals surface area contributed by atoms with Gasteiger partial charge in [0.25, 0.3) is 0 Å². The second-order valence-electron chi connectivity index (χ2n) is 5.56. The monoisotopic (exact) mass is 268 g/mol. The number of anilines is 2. The summed E-state index contributed by atoms with van der Waals surface area (Å²) in [5.41, 5.74) is 2.27. The summed E-state index contributed by atoms with van der Waals surface area (Å²) in [5.74, 6) is 0.728. The van der Waals surface area contributed by atoms with E-state index in [1.54, 1.807) is 18.6 Å². The molecule has 6 heteroatoms. The minimum absolute atomic E-state index is 0.0395. The van der Waals surface area contributed by atoms with E-state index in [0.717, 1.165) is 17.0 Å². The highest BCUT2D eigenvalue weighted by Gasteiger charge is 2.14. The van der Waals surface area contributed by atoms with Crippen molar-refractivity contribution in [2.45, 2.75) is 26.3 Å². The standard InChI is InChI=1S/C14H16N6/c1-14(2,3)20-9-10(8-17-20)18-12-5-4-11-13(19-12)16-7-6-15-11/h4-9H,1-3H3,(H,16,18,19). The van der Waals surface area contributed by atoms with E-state index in [1.807, 2.05) is 23.0 Å². The smallest absolute Gasteiger partial charge is 0.180 e. The Balaban J connectivity index is 1.87. The van der Waals surface area contributed by atoms with Crippen molar-refractivity contribution in [2.24, 2.45) is 0 Å². The van der Waals surface area contributed by atoms with E-state index in [4.69, 9.17) is 0 Å². The van der Waals surface area contributed by atoms with E-state index in [1.165, 1.54) is 0 Å². The van der Waals surface area contributed by atoms with Crippen LogP contribution >= 0.6 is 0 Å². The zero-order valence-corrected chi connectivity index (χ0v) is 11.7.